The first-order chi connectivity index (χ1) is 12.5. The molecular weight excluding hydrogens is 336 g/mol. The van der Waals surface area contributed by atoms with Crippen molar-refractivity contribution in [1.29, 1.82) is 0 Å². The van der Waals surface area contributed by atoms with Gasteiger partial charge in [-0.05, 0) is 50.9 Å². The second-order valence-corrected chi connectivity index (χ2v) is 6.98. The van der Waals surface area contributed by atoms with Crippen LogP contribution in [0.5, 0.6) is 11.5 Å². The van der Waals surface area contributed by atoms with Crippen LogP contribution in [0.1, 0.15) is 38.3 Å². The maximum absolute atomic E-state index is 12.6. The first-order valence-corrected chi connectivity index (χ1v) is 9.12. The summed E-state index contributed by atoms with van der Waals surface area (Å²) in [4.78, 5) is 25.8. The van der Waals surface area contributed by atoms with Crippen LogP contribution in [0, 0.1) is 5.92 Å². The number of benzene rings is 1. The number of rotatable bonds is 5. The molecule has 142 valence electrons. The molecule has 1 fully saturated rings. The highest BCUT2D eigenvalue weighted by molar-refractivity contribution is 5.82. The molecule has 1 amide bonds. The third kappa shape index (κ3) is 4.09. The van der Waals surface area contributed by atoms with Crippen LogP contribution >= 0.6 is 0 Å². The molecule has 2 N–H and O–H groups in total. The van der Waals surface area contributed by atoms with Crippen LogP contribution in [0.3, 0.4) is 0 Å². The van der Waals surface area contributed by atoms with Crippen molar-refractivity contribution < 1.29 is 24.2 Å². The largest absolute Gasteiger partial charge is 0.486 e. The summed E-state index contributed by atoms with van der Waals surface area (Å²) in [6.07, 6.45) is 1.47. The van der Waals surface area contributed by atoms with Gasteiger partial charge in [0.25, 0.3) is 0 Å². The van der Waals surface area contributed by atoms with Crippen molar-refractivity contribution >= 4 is 11.9 Å². The van der Waals surface area contributed by atoms with E-state index in [0.717, 1.165) is 24.3 Å². The molecular formula is C19H26N2O5. The van der Waals surface area contributed by atoms with E-state index in [-0.39, 0.29) is 18.0 Å². The number of carboxylic acids is 1. The van der Waals surface area contributed by atoms with Crippen LogP contribution in [0.15, 0.2) is 18.2 Å². The minimum absolute atomic E-state index is 0.0987. The van der Waals surface area contributed by atoms with Gasteiger partial charge in [-0.15, -0.1) is 0 Å². The van der Waals surface area contributed by atoms with Gasteiger partial charge in [0, 0.05) is 6.54 Å². The Hall–Kier alpha value is -2.28. The van der Waals surface area contributed by atoms with E-state index < -0.39 is 11.9 Å². The van der Waals surface area contributed by atoms with Crippen LogP contribution in [0.25, 0.3) is 0 Å². The van der Waals surface area contributed by atoms with Crippen molar-refractivity contribution in [2.45, 2.75) is 38.8 Å². The second-order valence-electron chi connectivity index (χ2n) is 6.98. The zero-order chi connectivity index (χ0) is 18.7. The molecule has 1 aromatic rings. The number of hydrogen-bond acceptors (Lipinski definition) is 5. The number of fused-ring (bicyclic) bond motifs is 1. The van der Waals surface area contributed by atoms with Gasteiger partial charge in [0.1, 0.15) is 13.2 Å². The third-order valence-corrected chi connectivity index (χ3v) is 5.15. The molecule has 7 heteroatoms. The van der Waals surface area contributed by atoms with Crippen molar-refractivity contribution in [3.8, 4) is 11.5 Å². The first-order valence-electron chi connectivity index (χ1n) is 9.12. The van der Waals surface area contributed by atoms with E-state index >= 15 is 0 Å². The molecule has 1 saturated heterocycles. The molecule has 2 aliphatic heterocycles. The number of aliphatic carboxylic acids is 1. The van der Waals surface area contributed by atoms with Crippen molar-refractivity contribution in [3.63, 3.8) is 0 Å². The van der Waals surface area contributed by atoms with Gasteiger partial charge in [-0.1, -0.05) is 6.07 Å². The lowest BCUT2D eigenvalue weighted by Crippen LogP contribution is -2.50. The van der Waals surface area contributed by atoms with Gasteiger partial charge in [-0.25, -0.2) is 0 Å². The minimum Gasteiger partial charge on any atom is -0.486 e. The summed E-state index contributed by atoms with van der Waals surface area (Å²) in [5.74, 6) is 0.141. The van der Waals surface area contributed by atoms with Crippen molar-refractivity contribution in [2.75, 3.05) is 26.3 Å². The minimum atomic E-state index is -0.785. The molecule has 3 rings (SSSR count). The van der Waals surface area contributed by atoms with Gasteiger partial charge in [0.05, 0.1) is 18.0 Å². The highest BCUT2D eigenvalue weighted by Gasteiger charge is 2.31. The molecule has 3 unspecified atom stereocenters. The van der Waals surface area contributed by atoms with E-state index in [2.05, 4.69) is 5.32 Å². The Morgan fingerprint density at radius 3 is 2.69 bits per heavy atom. The topological polar surface area (TPSA) is 88.1 Å². The van der Waals surface area contributed by atoms with Gasteiger partial charge >= 0.3 is 5.97 Å². The fraction of sp³-hybridized carbons (Fsp3) is 0.579. The quantitative estimate of drug-likeness (QED) is 0.831. The van der Waals surface area contributed by atoms with Crippen LogP contribution in [-0.2, 0) is 9.59 Å². The van der Waals surface area contributed by atoms with Crippen molar-refractivity contribution in [3.05, 3.63) is 23.8 Å². The Kier molecular flexibility index (Phi) is 5.66. The smallest absolute Gasteiger partial charge is 0.307 e. The summed E-state index contributed by atoms with van der Waals surface area (Å²) in [6.45, 7) is 5.98. The van der Waals surface area contributed by atoms with Gasteiger partial charge < -0.3 is 19.9 Å². The van der Waals surface area contributed by atoms with Crippen LogP contribution in [0.4, 0.5) is 0 Å². The summed E-state index contributed by atoms with van der Waals surface area (Å²) in [5.41, 5.74) is 0.942. The number of carbonyl (C=O) groups is 2. The average Bonchev–Trinajstić information content (AvgIpc) is 2.66. The van der Waals surface area contributed by atoms with Gasteiger partial charge in [0.15, 0.2) is 11.5 Å². The number of nitrogens with zero attached hydrogens (tertiary/aromatic N) is 1. The maximum atomic E-state index is 12.6. The number of carbonyl (C=O) groups excluding carboxylic acids is 1. The molecule has 0 bridgehead atoms. The van der Waals surface area contributed by atoms with Crippen LogP contribution < -0.4 is 14.8 Å². The van der Waals surface area contributed by atoms with Gasteiger partial charge in [-0.3, -0.25) is 14.5 Å². The molecule has 2 heterocycles. The van der Waals surface area contributed by atoms with Gasteiger partial charge in [0.2, 0.25) is 5.91 Å². The first kappa shape index (κ1) is 18.5. The number of ether oxygens (including phenoxy) is 2. The average molecular weight is 362 g/mol. The molecule has 3 atom stereocenters. The molecule has 26 heavy (non-hydrogen) atoms. The fourth-order valence-corrected chi connectivity index (χ4v) is 3.47. The predicted octanol–water partition coefficient (Wildman–Crippen LogP) is 1.82. The molecule has 0 saturated carbocycles. The normalized spacial score (nSPS) is 22.3. The Morgan fingerprint density at radius 1 is 1.23 bits per heavy atom. The monoisotopic (exact) mass is 362 g/mol. The second kappa shape index (κ2) is 7.95. The van der Waals surface area contributed by atoms with Crippen LogP contribution in [0.2, 0.25) is 0 Å². The zero-order valence-corrected chi connectivity index (χ0v) is 15.2. The summed E-state index contributed by atoms with van der Waals surface area (Å²) in [5, 5.41) is 12.2. The van der Waals surface area contributed by atoms with Crippen LogP contribution in [-0.4, -0.2) is 54.2 Å². The number of amides is 1. The number of likely N-dealkylation sites (tertiary alicyclic amines) is 1. The molecule has 0 aromatic heterocycles. The molecule has 1 aromatic carbocycles. The highest BCUT2D eigenvalue weighted by Crippen LogP contribution is 2.32. The molecule has 2 aliphatic rings. The predicted molar refractivity (Wildman–Crippen MR) is 95.4 cm³/mol. The highest BCUT2D eigenvalue weighted by atomic mass is 16.6. The third-order valence-electron chi connectivity index (χ3n) is 5.15. The summed E-state index contributed by atoms with van der Waals surface area (Å²) in [7, 11) is 0. The lowest BCUT2D eigenvalue weighted by Gasteiger charge is -2.35. The summed E-state index contributed by atoms with van der Waals surface area (Å²) in [6, 6.07) is 5.13. The van der Waals surface area contributed by atoms with Crippen molar-refractivity contribution in [1.82, 2.24) is 10.2 Å². The Balaban J connectivity index is 1.60. The fourth-order valence-electron chi connectivity index (χ4n) is 3.47. The molecule has 0 aliphatic carbocycles. The van der Waals surface area contributed by atoms with E-state index in [1.165, 1.54) is 0 Å². The molecule has 0 radical (unpaired) electrons. The Labute approximate surface area is 153 Å². The van der Waals surface area contributed by atoms with E-state index in [4.69, 9.17) is 9.47 Å². The SMILES string of the molecule is CC(NC(=O)C(C)N1CCCC(C(=O)O)C1)c1ccc2c(c1)OCCO2. The lowest BCUT2D eigenvalue weighted by atomic mass is 9.97. The standard InChI is InChI=1S/C19H26N2O5/c1-12(14-5-6-16-17(10-14)26-9-8-25-16)20-18(22)13(2)21-7-3-4-15(11-21)19(23)24/h5-6,10,12-13,15H,3-4,7-9,11H2,1-2H3,(H,20,22)(H,23,24). The van der Waals surface area contributed by atoms with Crippen molar-refractivity contribution in [2.24, 2.45) is 5.92 Å². The number of nitrogens with one attached hydrogen (secondary N) is 1. The maximum Gasteiger partial charge on any atom is 0.307 e. The molecule has 0 spiro atoms. The number of piperidine rings is 1. The van der Waals surface area contributed by atoms with E-state index in [1.807, 2.05) is 36.9 Å². The zero-order valence-electron chi connectivity index (χ0n) is 15.2. The van der Waals surface area contributed by atoms with E-state index in [1.54, 1.807) is 0 Å². The Morgan fingerprint density at radius 2 is 1.96 bits per heavy atom. The van der Waals surface area contributed by atoms with E-state index in [0.29, 0.717) is 31.9 Å². The Bertz CT molecular complexity index is 678. The van der Waals surface area contributed by atoms with Gasteiger partial charge in [-0.2, -0.15) is 0 Å². The lowest BCUT2D eigenvalue weighted by molar-refractivity contribution is -0.145. The number of carboxylic acid groups (broad SMARTS) is 1. The summed E-state index contributed by atoms with van der Waals surface area (Å²) >= 11 is 0. The number of hydrogen-bond donors (Lipinski definition) is 2. The van der Waals surface area contributed by atoms with E-state index in [9.17, 15) is 14.7 Å². The molecule has 7 nitrogen and oxygen atoms in total. The summed E-state index contributed by atoms with van der Waals surface area (Å²) < 4.78 is 11.1.